The lowest BCUT2D eigenvalue weighted by Crippen LogP contribution is -2.23. The summed E-state index contributed by atoms with van der Waals surface area (Å²) in [7, 11) is 0. The zero-order valence-corrected chi connectivity index (χ0v) is 17.2. The fraction of sp³-hybridized carbons (Fsp3) is 0.136. The molecule has 1 aromatic heterocycles. The number of hydrogen-bond donors (Lipinski definition) is 0. The van der Waals surface area contributed by atoms with Gasteiger partial charge in [0.05, 0.1) is 21.8 Å². The number of fused-ring (bicyclic) bond motifs is 2. The third-order valence-electron chi connectivity index (χ3n) is 4.46. The molecule has 0 spiro atoms. The number of halogens is 1. The molecule has 0 bridgehead atoms. The van der Waals surface area contributed by atoms with Crippen LogP contribution in [0.15, 0.2) is 65.7 Å². The van der Waals surface area contributed by atoms with Gasteiger partial charge in [0.1, 0.15) is 6.54 Å². The Kier molecular flexibility index (Phi) is 5.47. The smallest absolute Gasteiger partial charge is 0.326 e. The summed E-state index contributed by atoms with van der Waals surface area (Å²) >= 11 is 7.68. The molecule has 5 nitrogen and oxygen atoms in total. The first-order chi connectivity index (χ1) is 14.1. The van der Waals surface area contributed by atoms with E-state index in [2.05, 4.69) is 4.99 Å². The summed E-state index contributed by atoms with van der Waals surface area (Å²) in [5, 5.41) is 2.29. The summed E-state index contributed by atoms with van der Waals surface area (Å²) in [5.41, 5.74) is 1.17. The quantitative estimate of drug-likeness (QED) is 0.441. The SMILES string of the molecule is CCOC(=O)Cn1c(=NC(=O)c2cccc3ccccc23)sc2cccc(Cl)c21. The number of amides is 1. The Morgan fingerprint density at radius 3 is 2.66 bits per heavy atom. The van der Waals surface area contributed by atoms with Crippen molar-refractivity contribution < 1.29 is 14.3 Å². The number of nitrogens with zero attached hydrogens (tertiary/aromatic N) is 2. The van der Waals surface area contributed by atoms with E-state index in [-0.39, 0.29) is 19.1 Å². The number of hydrogen-bond acceptors (Lipinski definition) is 4. The first-order valence-electron chi connectivity index (χ1n) is 9.08. The van der Waals surface area contributed by atoms with Crippen LogP contribution >= 0.6 is 22.9 Å². The van der Waals surface area contributed by atoms with E-state index in [1.54, 1.807) is 23.6 Å². The van der Waals surface area contributed by atoms with E-state index in [0.717, 1.165) is 15.5 Å². The molecule has 1 amide bonds. The summed E-state index contributed by atoms with van der Waals surface area (Å²) < 4.78 is 7.56. The number of benzene rings is 3. The summed E-state index contributed by atoms with van der Waals surface area (Å²) in [6.45, 7) is 1.95. The molecular weight excluding hydrogens is 408 g/mol. The van der Waals surface area contributed by atoms with E-state index >= 15 is 0 Å². The van der Waals surface area contributed by atoms with Gasteiger partial charge in [0.15, 0.2) is 4.80 Å². The number of aromatic nitrogens is 1. The molecule has 4 rings (SSSR count). The molecule has 0 aliphatic rings. The van der Waals surface area contributed by atoms with Crippen LogP contribution in [0.25, 0.3) is 21.0 Å². The molecule has 0 saturated carbocycles. The second kappa shape index (κ2) is 8.19. The van der Waals surface area contributed by atoms with Gasteiger partial charge in [0, 0.05) is 5.56 Å². The van der Waals surface area contributed by atoms with Gasteiger partial charge in [-0.15, -0.1) is 0 Å². The molecular formula is C22H17ClN2O3S. The zero-order chi connectivity index (χ0) is 20.4. The minimum atomic E-state index is -0.411. The van der Waals surface area contributed by atoms with Crippen LogP contribution in [0.1, 0.15) is 17.3 Å². The lowest BCUT2D eigenvalue weighted by molar-refractivity contribution is -0.143. The largest absolute Gasteiger partial charge is 0.465 e. The van der Waals surface area contributed by atoms with Crippen molar-refractivity contribution in [2.45, 2.75) is 13.5 Å². The number of carbonyl (C=O) groups excluding carboxylic acids is 2. The highest BCUT2D eigenvalue weighted by Gasteiger charge is 2.15. The van der Waals surface area contributed by atoms with Gasteiger partial charge in [-0.05, 0) is 35.9 Å². The van der Waals surface area contributed by atoms with Crippen molar-refractivity contribution in [1.82, 2.24) is 4.57 Å². The van der Waals surface area contributed by atoms with Gasteiger partial charge >= 0.3 is 5.97 Å². The minimum absolute atomic E-state index is 0.0702. The summed E-state index contributed by atoms with van der Waals surface area (Å²) in [6.07, 6.45) is 0. The van der Waals surface area contributed by atoms with Crippen molar-refractivity contribution in [3.63, 3.8) is 0 Å². The van der Waals surface area contributed by atoms with Gasteiger partial charge in [-0.3, -0.25) is 9.59 Å². The number of thiazole rings is 1. The van der Waals surface area contributed by atoms with Crippen LogP contribution in [0.3, 0.4) is 0 Å². The molecule has 4 aromatic rings. The van der Waals surface area contributed by atoms with E-state index in [9.17, 15) is 9.59 Å². The standard InChI is InChI=1S/C22H17ClN2O3S/c1-2-28-19(26)13-25-20-17(23)11-6-12-18(20)29-22(25)24-21(27)16-10-5-8-14-7-3-4-9-15(14)16/h3-12H,2,13H2,1H3. The lowest BCUT2D eigenvalue weighted by Gasteiger charge is -2.06. The second-order valence-corrected chi connectivity index (χ2v) is 7.72. The molecule has 0 saturated heterocycles. The van der Waals surface area contributed by atoms with Crippen molar-refractivity contribution in [2.75, 3.05) is 6.61 Å². The summed E-state index contributed by atoms with van der Waals surface area (Å²) in [6, 6.07) is 18.7. The molecule has 0 aliphatic carbocycles. The van der Waals surface area contributed by atoms with Crippen LogP contribution in [-0.2, 0) is 16.1 Å². The maximum Gasteiger partial charge on any atom is 0.326 e. The molecule has 0 radical (unpaired) electrons. The third kappa shape index (κ3) is 3.81. The Bertz CT molecular complexity index is 1300. The highest BCUT2D eigenvalue weighted by molar-refractivity contribution is 7.16. The Balaban J connectivity index is 1.88. The van der Waals surface area contributed by atoms with E-state index in [1.165, 1.54) is 11.3 Å². The molecule has 1 heterocycles. The van der Waals surface area contributed by atoms with Crippen molar-refractivity contribution in [3.8, 4) is 0 Å². The predicted molar refractivity (Wildman–Crippen MR) is 115 cm³/mol. The summed E-state index contributed by atoms with van der Waals surface area (Å²) in [5.74, 6) is -0.784. The van der Waals surface area contributed by atoms with Crippen LogP contribution in [0.5, 0.6) is 0 Å². The first-order valence-corrected chi connectivity index (χ1v) is 10.3. The van der Waals surface area contributed by atoms with Crippen LogP contribution in [-0.4, -0.2) is 23.1 Å². The van der Waals surface area contributed by atoms with Crippen molar-refractivity contribution >= 4 is 55.8 Å². The maximum atomic E-state index is 13.0. The van der Waals surface area contributed by atoms with E-state index < -0.39 is 5.97 Å². The summed E-state index contributed by atoms with van der Waals surface area (Å²) in [4.78, 5) is 29.9. The number of ether oxygens (including phenoxy) is 1. The topological polar surface area (TPSA) is 60.7 Å². The molecule has 0 unspecified atom stereocenters. The maximum absolute atomic E-state index is 13.0. The minimum Gasteiger partial charge on any atom is -0.465 e. The number of esters is 1. The van der Waals surface area contributed by atoms with Crippen LogP contribution in [0, 0.1) is 0 Å². The van der Waals surface area contributed by atoms with Gasteiger partial charge in [-0.25, -0.2) is 0 Å². The van der Waals surface area contributed by atoms with Gasteiger partial charge in [0.2, 0.25) is 0 Å². The fourth-order valence-corrected chi connectivity index (χ4v) is 4.60. The monoisotopic (exact) mass is 424 g/mol. The number of para-hydroxylation sites is 1. The number of rotatable bonds is 4. The van der Waals surface area contributed by atoms with Crippen molar-refractivity contribution in [3.05, 3.63) is 76.1 Å². The highest BCUT2D eigenvalue weighted by Crippen LogP contribution is 2.26. The normalized spacial score (nSPS) is 11.9. The van der Waals surface area contributed by atoms with Crippen LogP contribution in [0.4, 0.5) is 0 Å². The van der Waals surface area contributed by atoms with Crippen LogP contribution < -0.4 is 4.80 Å². The van der Waals surface area contributed by atoms with Gasteiger partial charge in [-0.2, -0.15) is 4.99 Å². The molecule has 146 valence electrons. The van der Waals surface area contributed by atoms with E-state index in [1.807, 2.05) is 48.5 Å². The first kappa shape index (κ1) is 19.4. The van der Waals surface area contributed by atoms with E-state index in [4.69, 9.17) is 16.3 Å². The number of carbonyl (C=O) groups is 2. The van der Waals surface area contributed by atoms with Crippen molar-refractivity contribution in [1.29, 1.82) is 0 Å². The van der Waals surface area contributed by atoms with Gasteiger partial charge in [0.25, 0.3) is 5.91 Å². The molecule has 7 heteroatoms. The molecule has 0 atom stereocenters. The molecule has 3 aromatic carbocycles. The predicted octanol–water partition coefficient (Wildman–Crippen LogP) is 4.81. The third-order valence-corrected chi connectivity index (χ3v) is 5.81. The molecule has 0 fully saturated rings. The average molecular weight is 425 g/mol. The highest BCUT2D eigenvalue weighted by atomic mass is 35.5. The zero-order valence-electron chi connectivity index (χ0n) is 15.6. The molecule has 29 heavy (non-hydrogen) atoms. The molecule has 0 aliphatic heterocycles. The Hall–Kier alpha value is -2.96. The van der Waals surface area contributed by atoms with Gasteiger partial charge < -0.3 is 9.30 Å². The van der Waals surface area contributed by atoms with Gasteiger partial charge in [-0.1, -0.05) is 65.4 Å². The lowest BCUT2D eigenvalue weighted by atomic mass is 10.0. The Morgan fingerprint density at radius 2 is 1.83 bits per heavy atom. The van der Waals surface area contributed by atoms with Crippen molar-refractivity contribution in [2.24, 2.45) is 4.99 Å². The van der Waals surface area contributed by atoms with E-state index in [0.29, 0.717) is 20.9 Å². The molecule has 0 N–H and O–H groups in total. The Labute approximate surface area is 175 Å². The van der Waals surface area contributed by atoms with Crippen LogP contribution in [0.2, 0.25) is 5.02 Å². The Morgan fingerprint density at radius 1 is 1.07 bits per heavy atom. The average Bonchev–Trinajstić information content (AvgIpc) is 3.05. The second-order valence-electron chi connectivity index (χ2n) is 6.31. The fourth-order valence-electron chi connectivity index (χ4n) is 3.21.